The molecule has 0 amide bonds. The third kappa shape index (κ3) is 10.4. The number of hydrogen-bond donors (Lipinski definition) is 0. The van der Waals surface area contributed by atoms with E-state index in [1.807, 2.05) is 12.1 Å². The van der Waals surface area contributed by atoms with Gasteiger partial charge in [-0.05, 0) is 78.4 Å². The molecular formula is C56H76Br2N2O9. The van der Waals surface area contributed by atoms with Gasteiger partial charge in [0.1, 0.15) is 24.3 Å². The number of piperidine rings is 1. The molecule has 0 radical (unpaired) electrons. The van der Waals surface area contributed by atoms with Gasteiger partial charge in [0.05, 0.1) is 93.3 Å². The van der Waals surface area contributed by atoms with E-state index in [1.165, 1.54) is 47.1 Å². The number of hydrogen-bond acceptors (Lipinski definition) is 9. The number of methoxy groups -OCH3 is 6. The van der Waals surface area contributed by atoms with Crippen LogP contribution < -0.4 is 62.4 Å². The first-order chi connectivity index (χ1) is 32.7. The van der Waals surface area contributed by atoms with Crippen molar-refractivity contribution in [1.29, 1.82) is 0 Å². The molecule has 3 aromatic rings. The van der Waals surface area contributed by atoms with Crippen molar-refractivity contribution in [2.24, 2.45) is 5.92 Å². The van der Waals surface area contributed by atoms with Crippen molar-refractivity contribution in [3.63, 3.8) is 0 Å². The predicted octanol–water partition coefficient (Wildman–Crippen LogP) is 3.48. The first-order valence-electron chi connectivity index (χ1n) is 24.8. The van der Waals surface area contributed by atoms with E-state index in [4.69, 9.17) is 37.9 Å². The van der Waals surface area contributed by atoms with Gasteiger partial charge < -0.3 is 80.8 Å². The number of halogens is 2. The minimum Gasteiger partial charge on any atom is -1.00 e. The Morgan fingerprint density at radius 2 is 1.38 bits per heavy atom. The zero-order chi connectivity index (χ0) is 47.2. The number of quaternary nitrogens is 2. The summed E-state index contributed by atoms with van der Waals surface area (Å²) in [4.78, 5) is 13.4. The SMILES string of the molecule is C=CC[N+]1(CCCCCCCCCOC(=O)CC[N+]2(CC=C)CC[C@]34c5c6ccc(OC)c5O[C@@H]3[C@@H](OC)C=CC4[C@H]2C6)CCc2cc(OC)c(OC)cc2[C@H]1Cc1ccc(OC)c(OC)c1.[Br-].[Br-]. The molecule has 1 spiro atoms. The summed E-state index contributed by atoms with van der Waals surface area (Å²) in [5, 5.41) is 0. The van der Waals surface area contributed by atoms with Crippen molar-refractivity contribution in [1.82, 2.24) is 0 Å². The van der Waals surface area contributed by atoms with Gasteiger partial charge in [-0.3, -0.25) is 4.79 Å². The maximum atomic E-state index is 13.4. The molecule has 2 bridgehead atoms. The van der Waals surface area contributed by atoms with E-state index in [0.29, 0.717) is 19.1 Å². The molecule has 8 rings (SSSR count). The van der Waals surface area contributed by atoms with Crippen LogP contribution >= 0.6 is 0 Å². The monoisotopic (exact) mass is 1080 g/mol. The second-order valence-corrected chi connectivity index (χ2v) is 19.6. The van der Waals surface area contributed by atoms with Gasteiger partial charge in [0.2, 0.25) is 0 Å². The minimum absolute atomic E-state index is 0. The molecule has 3 heterocycles. The van der Waals surface area contributed by atoms with Gasteiger partial charge in [-0.1, -0.05) is 63.1 Å². The summed E-state index contributed by atoms with van der Waals surface area (Å²) in [7, 11) is 10.3. The van der Waals surface area contributed by atoms with Crippen molar-refractivity contribution in [3.8, 4) is 34.5 Å². The molecule has 5 aliphatic rings. The van der Waals surface area contributed by atoms with E-state index in [1.54, 1.807) is 42.7 Å². The van der Waals surface area contributed by atoms with Crippen molar-refractivity contribution < 1.29 is 85.6 Å². The summed E-state index contributed by atoms with van der Waals surface area (Å²) in [6, 6.07) is 15.5. The first kappa shape index (κ1) is 54.3. The number of benzene rings is 3. The molecular weight excluding hydrogens is 1000 g/mol. The van der Waals surface area contributed by atoms with Crippen LogP contribution in [0.1, 0.15) is 91.6 Å². The summed E-state index contributed by atoms with van der Waals surface area (Å²) in [6.07, 6.45) is 20.4. The second-order valence-electron chi connectivity index (χ2n) is 19.6. The standard InChI is InChI=1S/C56H76N2O9.2BrH/c1-9-27-57(30-24-40-37-50(64-7)51(65-8)38-42(40)44(57)34-39-18-21-46(60-3)49(35-39)63-6)29-16-14-12-11-13-15-17-33-66-52(59)25-31-58(28-10-2)32-26-56-43-20-23-48(62-5)55(56)67-54-47(61-4)22-19-41(53(54)56)36-45(43)58;;/h9-10,18-23,35,37-38,43-45,48,55H,1-2,11-17,24-34,36H2,3-8H3;2*1H/q+2;;/p-2/t43?,44-,45-,48+,55-,56+,57?,58?;;/m1../s1. The highest BCUT2D eigenvalue weighted by molar-refractivity contribution is 5.69. The van der Waals surface area contributed by atoms with Gasteiger partial charge in [-0.2, -0.15) is 0 Å². The number of likely N-dealkylation sites (tertiary alicyclic amines) is 1. The lowest BCUT2D eigenvalue weighted by Crippen LogP contribution is -3.00. The molecule has 13 heteroatoms. The fourth-order valence-electron chi connectivity index (χ4n) is 13.2. The second kappa shape index (κ2) is 23.9. The van der Waals surface area contributed by atoms with Gasteiger partial charge >= 0.3 is 5.97 Å². The van der Waals surface area contributed by atoms with Crippen LogP contribution in [0.4, 0.5) is 0 Å². The number of rotatable bonds is 25. The van der Waals surface area contributed by atoms with Crippen LogP contribution in [0, 0.1) is 5.92 Å². The van der Waals surface area contributed by atoms with Crippen LogP contribution in [0.5, 0.6) is 34.5 Å². The van der Waals surface area contributed by atoms with Gasteiger partial charge in [-0.15, -0.1) is 0 Å². The highest BCUT2D eigenvalue weighted by atomic mass is 79.9. The van der Waals surface area contributed by atoms with E-state index in [0.717, 1.165) is 134 Å². The Kier molecular flexibility index (Phi) is 18.8. The molecule has 69 heavy (non-hydrogen) atoms. The molecule has 378 valence electrons. The molecule has 0 aromatic heterocycles. The lowest BCUT2D eigenvalue weighted by Gasteiger charge is -2.61. The molecule has 1 saturated heterocycles. The van der Waals surface area contributed by atoms with Crippen LogP contribution in [-0.4, -0.2) is 122 Å². The summed E-state index contributed by atoms with van der Waals surface area (Å²) in [6.45, 7) is 14.5. The zero-order valence-corrected chi connectivity index (χ0v) is 45.1. The Hall–Kier alpha value is -4.01. The van der Waals surface area contributed by atoms with Crippen molar-refractivity contribution in [2.45, 2.75) is 107 Å². The number of nitrogens with zero attached hydrogens (tertiary/aromatic N) is 2. The average molecular weight is 1080 g/mol. The van der Waals surface area contributed by atoms with E-state index < -0.39 is 0 Å². The Bertz CT molecular complexity index is 2290. The van der Waals surface area contributed by atoms with E-state index in [2.05, 4.69) is 67.8 Å². The lowest BCUT2D eigenvalue weighted by atomic mass is 9.52. The lowest BCUT2D eigenvalue weighted by molar-refractivity contribution is -0.955. The van der Waals surface area contributed by atoms with Crippen LogP contribution in [0.15, 0.2) is 79.9 Å². The minimum atomic E-state index is -0.169. The Labute approximate surface area is 432 Å². The maximum Gasteiger partial charge on any atom is 0.311 e. The van der Waals surface area contributed by atoms with Crippen LogP contribution in [0.25, 0.3) is 0 Å². The fraction of sp³-hybridized carbons (Fsp3) is 0.554. The fourth-order valence-corrected chi connectivity index (χ4v) is 13.2. The molecule has 0 N–H and O–H groups in total. The number of fused-ring (bicyclic) bond motifs is 1. The normalized spacial score (nSPS) is 26.4. The molecule has 0 saturated carbocycles. The number of ether oxygens (including phenoxy) is 8. The van der Waals surface area contributed by atoms with Gasteiger partial charge in [0.25, 0.3) is 0 Å². The van der Waals surface area contributed by atoms with E-state index in [9.17, 15) is 4.79 Å². The van der Waals surface area contributed by atoms with Crippen molar-refractivity contribution >= 4 is 5.97 Å². The van der Waals surface area contributed by atoms with Crippen LogP contribution in [0.3, 0.4) is 0 Å². The third-order valence-electron chi connectivity index (χ3n) is 16.5. The number of carbonyl (C=O) groups is 1. The zero-order valence-electron chi connectivity index (χ0n) is 41.9. The molecule has 3 aromatic carbocycles. The summed E-state index contributed by atoms with van der Waals surface area (Å²) < 4.78 is 49.1. The largest absolute Gasteiger partial charge is 1.00 e. The van der Waals surface area contributed by atoms with Gasteiger partial charge in [-0.25, -0.2) is 0 Å². The Balaban J connectivity index is 0.00000391. The molecule has 1 fully saturated rings. The molecule has 11 nitrogen and oxygen atoms in total. The highest BCUT2D eigenvalue weighted by Gasteiger charge is 2.68. The smallest absolute Gasteiger partial charge is 0.311 e. The molecule has 8 atom stereocenters. The van der Waals surface area contributed by atoms with Gasteiger partial charge in [0, 0.05) is 49.8 Å². The summed E-state index contributed by atoms with van der Waals surface area (Å²) in [5.41, 5.74) is 6.35. The molecule has 2 aliphatic carbocycles. The Morgan fingerprint density at radius 3 is 2.07 bits per heavy atom. The predicted molar refractivity (Wildman–Crippen MR) is 262 cm³/mol. The first-order valence-corrected chi connectivity index (χ1v) is 24.8. The Morgan fingerprint density at radius 1 is 0.725 bits per heavy atom. The molecule has 3 aliphatic heterocycles. The quantitative estimate of drug-likeness (QED) is 0.0549. The number of carbonyl (C=O) groups excluding carboxylic acids is 1. The summed E-state index contributed by atoms with van der Waals surface area (Å²) in [5.74, 6) is 4.89. The topological polar surface area (TPSA) is 90.9 Å². The number of unbranched alkanes of at least 4 members (excludes halogenated alkanes) is 6. The maximum absolute atomic E-state index is 13.4. The summed E-state index contributed by atoms with van der Waals surface area (Å²) >= 11 is 0. The van der Waals surface area contributed by atoms with Crippen molar-refractivity contribution in [3.05, 3.63) is 108 Å². The highest BCUT2D eigenvalue weighted by Crippen LogP contribution is 2.64. The van der Waals surface area contributed by atoms with Gasteiger partial charge in [0.15, 0.2) is 34.5 Å². The van der Waals surface area contributed by atoms with Crippen molar-refractivity contribution in [2.75, 3.05) is 88.5 Å². The third-order valence-corrected chi connectivity index (χ3v) is 16.5. The average Bonchev–Trinajstić information content (AvgIpc) is 3.71. The van der Waals surface area contributed by atoms with E-state index in [-0.39, 0.29) is 69.5 Å². The van der Waals surface area contributed by atoms with Crippen LogP contribution in [0.2, 0.25) is 0 Å². The number of esters is 1. The molecule has 3 unspecified atom stereocenters. The van der Waals surface area contributed by atoms with Crippen LogP contribution in [-0.2, 0) is 38.9 Å². The van der Waals surface area contributed by atoms with E-state index >= 15 is 0 Å².